The van der Waals surface area contributed by atoms with Crippen molar-refractivity contribution in [2.24, 2.45) is 0 Å². The Morgan fingerprint density at radius 2 is 2.04 bits per heavy atom. The molecular weight excluding hydrogens is 324 g/mol. The number of hydrogen-bond donors (Lipinski definition) is 1. The molecule has 0 aliphatic carbocycles. The van der Waals surface area contributed by atoms with Gasteiger partial charge >= 0.3 is 6.09 Å². The molecule has 1 aromatic carbocycles. The van der Waals surface area contributed by atoms with Gasteiger partial charge in [-0.1, -0.05) is 6.07 Å². The normalized spacial score (nSPS) is 19.0. The molecule has 7 heteroatoms. The van der Waals surface area contributed by atoms with E-state index >= 15 is 0 Å². The fraction of sp³-hybridized carbons (Fsp3) is 0.556. The van der Waals surface area contributed by atoms with Crippen LogP contribution in [0.2, 0.25) is 0 Å². The van der Waals surface area contributed by atoms with E-state index in [0.29, 0.717) is 12.3 Å². The lowest BCUT2D eigenvalue weighted by molar-refractivity contribution is -0.131. The van der Waals surface area contributed by atoms with E-state index in [4.69, 9.17) is 14.2 Å². The van der Waals surface area contributed by atoms with Crippen molar-refractivity contribution >= 4 is 12.0 Å². The molecule has 3 rings (SSSR count). The number of fused-ring (bicyclic) bond motifs is 1. The maximum absolute atomic E-state index is 12.5. The first-order valence-electron chi connectivity index (χ1n) is 8.49. The lowest BCUT2D eigenvalue weighted by Gasteiger charge is -2.26. The van der Waals surface area contributed by atoms with Gasteiger partial charge in [0.1, 0.15) is 12.1 Å². The Kier molecular flexibility index (Phi) is 4.74. The van der Waals surface area contributed by atoms with E-state index < -0.39 is 11.7 Å². The van der Waals surface area contributed by atoms with E-state index in [2.05, 4.69) is 5.32 Å². The molecule has 1 fully saturated rings. The first-order chi connectivity index (χ1) is 11.8. The third-order valence-corrected chi connectivity index (χ3v) is 4.14. The monoisotopic (exact) mass is 348 g/mol. The number of amides is 2. The van der Waals surface area contributed by atoms with Gasteiger partial charge in [-0.2, -0.15) is 0 Å². The summed E-state index contributed by atoms with van der Waals surface area (Å²) in [6, 6.07) is 5.75. The van der Waals surface area contributed by atoms with Crippen molar-refractivity contribution in [2.75, 3.05) is 19.9 Å². The van der Waals surface area contributed by atoms with Gasteiger partial charge in [-0.25, -0.2) is 4.79 Å². The first-order valence-corrected chi connectivity index (χ1v) is 8.49. The second kappa shape index (κ2) is 6.82. The van der Waals surface area contributed by atoms with E-state index in [1.807, 2.05) is 18.2 Å². The zero-order valence-corrected chi connectivity index (χ0v) is 14.8. The van der Waals surface area contributed by atoms with Crippen LogP contribution in [0.1, 0.15) is 45.2 Å². The summed E-state index contributed by atoms with van der Waals surface area (Å²) < 4.78 is 15.9. The molecule has 0 unspecified atom stereocenters. The SMILES string of the molecule is CC(C)(C)OC(=O)NCC(=O)N1CCC[C@H]1c1ccc2c(c1)OCO2. The fourth-order valence-electron chi connectivity index (χ4n) is 3.10. The van der Waals surface area contributed by atoms with Gasteiger partial charge < -0.3 is 24.4 Å². The Labute approximate surface area is 147 Å². The van der Waals surface area contributed by atoms with Crippen LogP contribution < -0.4 is 14.8 Å². The Balaban J connectivity index is 1.61. The van der Waals surface area contributed by atoms with Crippen molar-refractivity contribution in [3.8, 4) is 11.5 Å². The number of ether oxygens (including phenoxy) is 3. The summed E-state index contributed by atoms with van der Waals surface area (Å²) in [7, 11) is 0. The molecule has 2 amide bonds. The number of rotatable bonds is 3. The Morgan fingerprint density at radius 1 is 1.28 bits per heavy atom. The lowest BCUT2D eigenvalue weighted by atomic mass is 10.0. The van der Waals surface area contributed by atoms with Crippen molar-refractivity contribution in [1.29, 1.82) is 0 Å². The predicted molar refractivity (Wildman–Crippen MR) is 90.5 cm³/mol. The molecule has 136 valence electrons. The number of benzene rings is 1. The number of nitrogens with zero attached hydrogens (tertiary/aromatic N) is 1. The van der Waals surface area contributed by atoms with Gasteiger partial charge in [0.2, 0.25) is 12.7 Å². The number of alkyl carbamates (subject to hydrolysis) is 1. The predicted octanol–water partition coefficient (Wildman–Crippen LogP) is 2.60. The summed E-state index contributed by atoms with van der Waals surface area (Å²) >= 11 is 0. The molecule has 0 saturated carbocycles. The molecule has 1 saturated heterocycles. The van der Waals surface area contributed by atoms with Gasteiger partial charge in [0, 0.05) is 6.54 Å². The van der Waals surface area contributed by atoms with Crippen molar-refractivity contribution in [3.63, 3.8) is 0 Å². The lowest BCUT2D eigenvalue weighted by Crippen LogP contribution is -2.41. The summed E-state index contributed by atoms with van der Waals surface area (Å²) in [5.41, 5.74) is 0.433. The van der Waals surface area contributed by atoms with Crippen LogP contribution in [0.4, 0.5) is 4.79 Å². The minimum absolute atomic E-state index is 0.0116. The minimum atomic E-state index is -0.588. The third kappa shape index (κ3) is 4.15. The zero-order valence-electron chi connectivity index (χ0n) is 14.8. The second-order valence-electron chi connectivity index (χ2n) is 7.21. The zero-order chi connectivity index (χ0) is 18.0. The molecule has 0 radical (unpaired) electrons. The molecule has 1 N–H and O–H groups in total. The average molecular weight is 348 g/mol. The molecule has 1 aromatic rings. The Morgan fingerprint density at radius 3 is 2.80 bits per heavy atom. The summed E-state index contributed by atoms with van der Waals surface area (Å²) in [4.78, 5) is 26.1. The molecule has 0 spiro atoms. The molecule has 1 atom stereocenters. The molecule has 2 aliphatic heterocycles. The van der Waals surface area contributed by atoms with Gasteiger partial charge in [0.25, 0.3) is 0 Å². The quantitative estimate of drug-likeness (QED) is 0.908. The van der Waals surface area contributed by atoms with Crippen LogP contribution >= 0.6 is 0 Å². The Bertz CT molecular complexity index is 668. The average Bonchev–Trinajstić information content (AvgIpc) is 3.18. The number of carbonyl (C=O) groups is 2. The summed E-state index contributed by atoms with van der Waals surface area (Å²) in [5.74, 6) is 1.32. The molecule has 2 aliphatic rings. The standard InChI is InChI=1S/C18H24N2O5/c1-18(2,3)25-17(22)19-10-16(21)20-8-4-5-13(20)12-6-7-14-15(9-12)24-11-23-14/h6-7,9,13H,4-5,8,10-11H2,1-3H3,(H,19,22)/t13-/m0/s1. The molecule has 25 heavy (non-hydrogen) atoms. The summed E-state index contributed by atoms with van der Waals surface area (Å²) in [6.45, 7) is 6.18. The van der Waals surface area contributed by atoms with Crippen molar-refractivity contribution in [2.45, 2.75) is 45.3 Å². The fourth-order valence-corrected chi connectivity index (χ4v) is 3.10. The van der Waals surface area contributed by atoms with Gasteiger partial charge in [-0.15, -0.1) is 0 Å². The molecule has 0 aromatic heterocycles. The van der Waals surface area contributed by atoms with Crippen LogP contribution in [0, 0.1) is 0 Å². The van der Waals surface area contributed by atoms with E-state index in [9.17, 15) is 9.59 Å². The van der Waals surface area contributed by atoms with E-state index in [-0.39, 0.29) is 25.3 Å². The van der Waals surface area contributed by atoms with Crippen LogP contribution in [0.25, 0.3) is 0 Å². The molecule has 2 heterocycles. The Hall–Kier alpha value is -2.44. The highest BCUT2D eigenvalue weighted by molar-refractivity contribution is 5.83. The van der Waals surface area contributed by atoms with Gasteiger partial charge in [-0.05, 0) is 51.3 Å². The van der Waals surface area contributed by atoms with Gasteiger partial charge in [-0.3, -0.25) is 4.79 Å². The van der Waals surface area contributed by atoms with E-state index in [1.165, 1.54) is 0 Å². The molecule has 0 bridgehead atoms. The van der Waals surface area contributed by atoms with Crippen LogP contribution in [0.15, 0.2) is 18.2 Å². The van der Waals surface area contributed by atoms with Crippen molar-refractivity contribution in [3.05, 3.63) is 23.8 Å². The van der Waals surface area contributed by atoms with E-state index in [1.54, 1.807) is 25.7 Å². The van der Waals surface area contributed by atoms with Gasteiger partial charge in [0.05, 0.1) is 6.04 Å². The van der Waals surface area contributed by atoms with Crippen LogP contribution in [-0.2, 0) is 9.53 Å². The molecule has 7 nitrogen and oxygen atoms in total. The maximum atomic E-state index is 12.5. The highest BCUT2D eigenvalue weighted by Crippen LogP contribution is 2.38. The number of likely N-dealkylation sites (tertiary alicyclic amines) is 1. The number of carbonyl (C=O) groups excluding carboxylic acids is 2. The largest absolute Gasteiger partial charge is 0.454 e. The number of nitrogens with one attached hydrogen (secondary N) is 1. The first kappa shape index (κ1) is 17.4. The van der Waals surface area contributed by atoms with Crippen LogP contribution in [0.5, 0.6) is 11.5 Å². The topological polar surface area (TPSA) is 77.1 Å². The van der Waals surface area contributed by atoms with Crippen molar-refractivity contribution in [1.82, 2.24) is 10.2 Å². The highest BCUT2D eigenvalue weighted by Gasteiger charge is 2.31. The van der Waals surface area contributed by atoms with Crippen LogP contribution in [0.3, 0.4) is 0 Å². The van der Waals surface area contributed by atoms with Crippen molar-refractivity contribution < 1.29 is 23.8 Å². The van der Waals surface area contributed by atoms with Gasteiger partial charge in [0.15, 0.2) is 11.5 Å². The summed E-state index contributed by atoms with van der Waals surface area (Å²) in [5, 5.41) is 2.53. The smallest absolute Gasteiger partial charge is 0.408 e. The second-order valence-corrected chi connectivity index (χ2v) is 7.21. The highest BCUT2D eigenvalue weighted by atomic mass is 16.7. The minimum Gasteiger partial charge on any atom is -0.454 e. The third-order valence-electron chi connectivity index (χ3n) is 4.14. The number of hydrogen-bond acceptors (Lipinski definition) is 5. The summed E-state index contributed by atoms with van der Waals surface area (Å²) in [6.07, 6.45) is 1.23. The van der Waals surface area contributed by atoms with Crippen LogP contribution in [-0.4, -0.2) is 42.4 Å². The van der Waals surface area contributed by atoms with E-state index in [0.717, 1.165) is 24.2 Å². The molecular formula is C18H24N2O5. The maximum Gasteiger partial charge on any atom is 0.408 e.